The van der Waals surface area contributed by atoms with E-state index in [1.54, 1.807) is 25.4 Å². The van der Waals surface area contributed by atoms with Crippen LogP contribution in [-0.4, -0.2) is 22.2 Å². The Kier molecular flexibility index (Phi) is 4.30. The van der Waals surface area contributed by atoms with Crippen molar-refractivity contribution in [3.63, 3.8) is 0 Å². The van der Waals surface area contributed by atoms with Crippen molar-refractivity contribution < 1.29 is 9.63 Å². The molecule has 0 unspecified atom stereocenters. The summed E-state index contributed by atoms with van der Waals surface area (Å²) >= 11 is 6.17. The lowest BCUT2D eigenvalue weighted by atomic mass is 9.95. The zero-order valence-electron chi connectivity index (χ0n) is 12.6. The molecule has 0 spiro atoms. The zero-order chi connectivity index (χ0) is 16.3. The fourth-order valence-corrected chi connectivity index (χ4v) is 2.62. The molecule has 1 aliphatic rings. The molecule has 0 fully saturated rings. The fraction of sp³-hybridized carbons (Fsp3) is 0.235. The molecule has 1 amide bonds. The van der Waals surface area contributed by atoms with Crippen LogP contribution >= 0.6 is 11.6 Å². The lowest BCUT2D eigenvalue weighted by Crippen LogP contribution is -2.44. The highest BCUT2D eigenvalue weighted by Crippen LogP contribution is 2.29. The summed E-state index contributed by atoms with van der Waals surface area (Å²) in [4.78, 5) is 21.9. The molecular weight excluding hydrogens is 314 g/mol. The van der Waals surface area contributed by atoms with Crippen molar-refractivity contribution >= 4 is 23.2 Å². The van der Waals surface area contributed by atoms with Gasteiger partial charge in [-0.1, -0.05) is 41.0 Å². The van der Waals surface area contributed by atoms with Crippen LogP contribution in [0.1, 0.15) is 24.5 Å². The van der Waals surface area contributed by atoms with E-state index in [4.69, 9.17) is 16.4 Å². The van der Waals surface area contributed by atoms with Crippen molar-refractivity contribution in [1.82, 2.24) is 10.3 Å². The predicted molar refractivity (Wildman–Crippen MR) is 88.2 cm³/mol. The number of carbonyl (C=O) groups excluding carboxylic acids is 1. The minimum Gasteiger partial charge on any atom is -0.379 e. The SMILES string of the molecule is C[C@@]1(C(=O)NCc2cccnc2)CC(c2ccccc2Cl)=NO1. The first-order valence-corrected chi connectivity index (χ1v) is 7.63. The van der Waals surface area contributed by atoms with Gasteiger partial charge < -0.3 is 10.2 Å². The molecule has 0 saturated heterocycles. The van der Waals surface area contributed by atoms with Crippen molar-refractivity contribution in [2.75, 3.05) is 0 Å². The number of amides is 1. The predicted octanol–water partition coefficient (Wildman–Crippen LogP) is 2.93. The Morgan fingerprint density at radius 2 is 2.17 bits per heavy atom. The third kappa shape index (κ3) is 3.35. The number of hydrogen-bond donors (Lipinski definition) is 1. The Labute approximate surface area is 139 Å². The van der Waals surface area contributed by atoms with E-state index in [9.17, 15) is 4.79 Å². The summed E-state index contributed by atoms with van der Waals surface area (Å²) in [6.07, 6.45) is 3.77. The van der Waals surface area contributed by atoms with Gasteiger partial charge in [0.25, 0.3) is 5.91 Å². The van der Waals surface area contributed by atoms with Crippen LogP contribution in [0.25, 0.3) is 0 Å². The number of nitrogens with zero attached hydrogens (tertiary/aromatic N) is 2. The Morgan fingerprint density at radius 1 is 1.35 bits per heavy atom. The van der Waals surface area contributed by atoms with Crippen LogP contribution in [0.4, 0.5) is 0 Å². The third-order valence-corrected chi connectivity index (χ3v) is 4.03. The van der Waals surface area contributed by atoms with Gasteiger partial charge in [0.2, 0.25) is 5.60 Å². The average Bonchev–Trinajstić information content (AvgIpc) is 2.97. The number of carbonyl (C=O) groups is 1. The van der Waals surface area contributed by atoms with Crippen LogP contribution in [0.15, 0.2) is 53.9 Å². The summed E-state index contributed by atoms with van der Waals surface area (Å²) in [6, 6.07) is 11.1. The van der Waals surface area contributed by atoms with Crippen LogP contribution in [0.5, 0.6) is 0 Å². The fourth-order valence-electron chi connectivity index (χ4n) is 2.37. The van der Waals surface area contributed by atoms with Crippen molar-refractivity contribution in [3.05, 3.63) is 64.9 Å². The maximum Gasteiger partial charge on any atom is 0.267 e. The quantitative estimate of drug-likeness (QED) is 0.938. The molecule has 1 N–H and O–H groups in total. The molecule has 23 heavy (non-hydrogen) atoms. The van der Waals surface area contributed by atoms with Crippen molar-refractivity contribution in [3.8, 4) is 0 Å². The first-order valence-electron chi connectivity index (χ1n) is 7.26. The molecule has 5 nitrogen and oxygen atoms in total. The van der Waals surface area contributed by atoms with Gasteiger partial charge in [-0.25, -0.2) is 0 Å². The van der Waals surface area contributed by atoms with E-state index in [0.717, 1.165) is 11.1 Å². The molecule has 118 valence electrons. The van der Waals surface area contributed by atoms with Gasteiger partial charge in [-0.15, -0.1) is 0 Å². The van der Waals surface area contributed by atoms with Gasteiger partial charge in [0.05, 0.1) is 5.71 Å². The normalized spacial score (nSPS) is 19.8. The molecule has 6 heteroatoms. The summed E-state index contributed by atoms with van der Waals surface area (Å²) in [7, 11) is 0. The summed E-state index contributed by atoms with van der Waals surface area (Å²) in [5.74, 6) is -0.216. The molecule has 2 heterocycles. The van der Waals surface area contributed by atoms with E-state index >= 15 is 0 Å². The van der Waals surface area contributed by atoms with Gasteiger partial charge in [0, 0.05) is 35.9 Å². The molecular formula is C17H16ClN3O2. The summed E-state index contributed by atoms with van der Waals surface area (Å²) < 4.78 is 0. The molecule has 1 aliphatic heterocycles. The topological polar surface area (TPSA) is 63.6 Å². The molecule has 0 bridgehead atoms. The molecule has 1 aromatic heterocycles. The lowest BCUT2D eigenvalue weighted by Gasteiger charge is -2.20. The van der Waals surface area contributed by atoms with Gasteiger partial charge in [-0.3, -0.25) is 9.78 Å². The number of nitrogens with one attached hydrogen (secondary N) is 1. The number of pyridine rings is 1. The number of aromatic nitrogens is 1. The van der Waals surface area contributed by atoms with Gasteiger partial charge >= 0.3 is 0 Å². The monoisotopic (exact) mass is 329 g/mol. The number of hydrogen-bond acceptors (Lipinski definition) is 4. The maximum absolute atomic E-state index is 12.4. The molecule has 3 rings (SSSR count). The molecule has 1 aromatic carbocycles. The van der Waals surface area contributed by atoms with E-state index in [2.05, 4.69) is 15.5 Å². The molecule has 0 radical (unpaired) electrons. The third-order valence-electron chi connectivity index (χ3n) is 3.70. The van der Waals surface area contributed by atoms with E-state index < -0.39 is 5.60 Å². The van der Waals surface area contributed by atoms with Gasteiger partial charge in [0.15, 0.2) is 0 Å². The average molecular weight is 330 g/mol. The van der Waals surface area contributed by atoms with Gasteiger partial charge in [-0.2, -0.15) is 0 Å². The molecule has 0 aliphatic carbocycles. The second kappa shape index (κ2) is 6.38. The standard InChI is InChI=1S/C17H16ClN3O2/c1-17(16(22)20-11-12-5-4-8-19-10-12)9-15(21-23-17)13-6-2-3-7-14(13)18/h2-8,10H,9,11H2,1H3,(H,20,22)/t17-/m0/s1. The van der Waals surface area contributed by atoms with Crippen molar-refractivity contribution in [2.24, 2.45) is 5.16 Å². The second-order valence-corrected chi connectivity index (χ2v) is 5.97. The zero-order valence-corrected chi connectivity index (χ0v) is 13.4. The minimum absolute atomic E-state index is 0.216. The maximum atomic E-state index is 12.4. The smallest absolute Gasteiger partial charge is 0.267 e. The Bertz CT molecular complexity index is 749. The molecule has 0 saturated carbocycles. The first kappa shape index (κ1) is 15.5. The van der Waals surface area contributed by atoms with Crippen LogP contribution in [0.3, 0.4) is 0 Å². The summed E-state index contributed by atoms with van der Waals surface area (Å²) in [5, 5.41) is 7.51. The van der Waals surface area contributed by atoms with Gasteiger partial charge in [-0.05, 0) is 24.6 Å². The number of halogens is 1. The Hall–Kier alpha value is -2.40. The minimum atomic E-state index is -1.03. The van der Waals surface area contributed by atoms with E-state index in [1.165, 1.54) is 0 Å². The molecule has 1 atom stereocenters. The van der Waals surface area contributed by atoms with Crippen LogP contribution in [0.2, 0.25) is 5.02 Å². The highest BCUT2D eigenvalue weighted by atomic mass is 35.5. The number of oxime groups is 1. The highest BCUT2D eigenvalue weighted by Gasteiger charge is 2.42. The Balaban J connectivity index is 1.65. The van der Waals surface area contributed by atoms with Crippen LogP contribution in [-0.2, 0) is 16.2 Å². The highest BCUT2D eigenvalue weighted by molar-refractivity contribution is 6.34. The summed E-state index contributed by atoms with van der Waals surface area (Å²) in [6.45, 7) is 2.12. The second-order valence-electron chi connectivity index (χ2n) is 5.56. The Morgan fingerprint density at radius 3 is 2.91 bits per heavy atom. The van der Waals surface area contributed by atoms with Gasteiger partial charge in [0.1, 0.15) is 0 Å². The largest absolute Gasteiger partial charge is 0.379 e. The van der Waals surface area contributed by atoms with E-state index in [0.29, 0.717) is 23.7 Å². The number of benzene rings is 1. The first-order chi connectivity index (χ1) is 11.1. The van der Waals surface area contributed by atoms with Crippen molar-refractivity contribution in [1.29, 1.82) is 0 Å². The van der Waals surface area contributed by atoms with E-state index in [1.807, 2.05) is 30.3 Å². The van der Waals surface area contributed by atoms with Crippen LogP contribution in [0, 0.1) is 0 Å². The number of rotatable bonds is 4. The van der Waals surface area contributed by atoms with E-state index in [-0.39, 0.29) is 5.91 Å². The lowest BCUT2D eigenvalue weighted by molar-refractivity contribution is -0.141. The summed E-state index contributed by atoms with van der Waals surface area (Å²) in [5.41, 5.74) is 1.36. The molecule has 2 aromatic rings. The van der Waals surface area contributed by atoms with Crippen molar-refractivity contribution in [2.45, 2.75) is 25.5 Å². The van der Waals surface area contributed by atoms with Crippen LogP contribution < -0.4 is 5.32 Å².